The summed E-state index contributed by atoms with van der Waals surface area (Å²) in [5.41, 5.74) is 0.899. The van der Waals surface area contributed by atoms with Gasteiger partial charge in [0.15, 0.2) is 0 Å². The highest BCUT2D eigenvalue weighted by molar-refractivity contribution is 7.92. The van der Waals surface area contributed by atoms with E-state index in [1.807, 2.05) is 48.5 Å². The predicted molar refractivity (Wildman–Crippen MR) is 127 cm³/mol. The SMILES string of the molecule is CC(=O)Nc1ccc(S(=O)(=O)Nc2ccc(Oc3ccc4ccccc4c3)c(C#N)c2)cc1. The second-order valence-electron chi connectivity index (χ2n) is 7.24. The quantitative estimate of drug-likeness (QED) is 0.410. The third-order valence-corrected chi connectivity index (χ3v) is 6.18. The van der Waals surface area contributed by atoms with E-state index in [1.54, 1.807) is 6.07 Å². The van der Waals surface area contributed by atoms with Crippen molar-refractivity contribution < 1.29 is 17.9 Å². The molecule has 0 radical (unpaired) electrons. The Morgan fingerprint density at radius 3 is 2.27 bits per heavy atom. The number of fused-ring (bicyclic) bond motifs is 1. The number of nitrogens with one attached hydrogen (secondary N) is 2. The fraction of sp³-hybridized carbons (Fsp3) is 0.0400. The molecule has 4 aromatic rings. The summed E-state index contributed by atoms with van der Waals surface area (Å²) < 4.78 is 33.8. The molecule has 1 amide bonds. The van der Waals surface area contributed by atoms with Crippen LogP contribution < -0.4 is 14.8 Å². The summed E-state index contributed by atoms with van der Waals surface area (Å²) in [7, 11) is -3.89. The first-order valence-electron chi connectivity index (χ1n) is 9.95. The Labute approximate surface area is 191 Å². The van der Waals surface area contributed by atoms with Gasteiger partial charge in [-0.2, -0.15) is 5.26 Å². The number of carbonyl (C=O) groups is 1. The molecule has 0 saturated carbocycles. The molecule has 0 saturated heterocycles. The van der Waals surface area contributed by atoms with Crippen LogP contribution in [-0.2, 0) is 14.8 Å². The molecule has 0 unspecified atom stereocenters. The maximum absolute atomic E-state index is 12.7. The van der Waals surface area contributed by atoms with Crippen LogP contribution in [0.3, 0.4) is 0 Å². The number of amides is 1. The van der Waals surface area contributed by atoms with E-state index in [-0.39, 0.29) is 22.1 Å². The maximum Gasteiger partial charge on any atom is 0.261 e. The summed E-state index contributed by atoms with van der Waals surface area (Å²) in [5, 5.41) is 14.2. The van der Waals surface area contributed by atoms with Crippen molar-refractivity contribution in [3.05, 3.63) is 90.5 Å². The monoisotopic (exact) mass is 457 g/mol. The standard InChI is InChI=1S/C25H19N3O4S/c1-17(29)27-21-7-11-24(12-8-21)33(30,31)28-22-9-13-25(20(14-22)16-26)32-23-10-6-18-4-2-3-5-19(18)15-23/h2-15,28H,1H3,(H,27,29). The second-order valence-corrected chi connectivity index (χ2v) is 8.93. The zero-order chi connectivity index (χ0) is 23.4. The molecule has 0 aliphatic heterocycles. The van der Waals surface area contributed by atoms with Crippen LogP contribution in [0.5, 0.6) is 11.5 Å². The minimum absolute atomic E-state index is 0.0200. The summed E-state index contributed by atoms with van der Waals surface area (Å²) in [5.74, 6) is 0.631. The van der Waals surface area contributed by atoms with Gasteiger partial charge in [-0.1, -0.05) is 30.3 Å². The van der Waals surface area contributed by atoms with E-state index in [9.17, 15) is 18.5 Å². The average Bonchev–Trinajstić information content (AvgIpc) is 2.79. The van der Waals surface area contributed by atoms with Crippen molar-refractivity contribution in [3.63, 3.8) is 0 Å². The van der Waals surface area contributed by atoms with Crippen molar-refractivity contribution in [3.8, 4) is 17.6 Å². The zero-order valence-corrected chi connectivity index (χ0v) is 18.4. The molecule has 4 rings (SSSR count). The van der Waals surface area contributed by atoms with Crippen molar-refractivity contribution in [1.82, 2.24) is 0 Å². The summed E-state index contributed by atoms with van der Waals surface area (Å²) >= 11 is 0. The molecule has 2 N–H and O–H groups in total. The Hall–Kier alpha value is -4.35. The lowest BCUT2D eigenvalue weighted by atomic mass is 10.1. The molecular weight excluding hydrogens is 438 g/mol. The van der Waals surface area contributed by atoms with Crippen LogP contribution in [0.1, 0.15) is 12.5 Å². The first-order chi connectivity index (χ1) is 15.8. The van der Waals surface area contributed by atoms with Gasteiger partial charge in [-0.3, -0.25) is 9.52 Å². The lowest BCUT2D eigenvalue weighted by Crippen LogP contribution is -2.13. The number of benzene rings is 4. The van der Waals surface area contributed by atoms with E-state index < -0.39 is 10.0 Å². The maximum atomic E-state index is 12.7. The molecule has 164 valence electrons. The third-order valence-electron chi connectivity index (χ3n) is 4.79. The van der Waals surface area contributed by atoms with E-state index >= 15 is 0 Å². The normalized spacial score (nSPS) is 10.9. The molecule has 0 atom stereocenters. The van der Waals surface area contributed by atoms with E-state index in [4.69, 9.17) is 4.74 Å². The van der Waals surface area contributed by atoms with Crippen LogP contribution >= 0.6 is 0 Å². The van der Waals surface area contributed by atoms with Crippen molar-refractivity contribution in [2.75, 3.05) is 10.0 Å². The molecule has 33 heavy (non-hydrogen) atoms. The number of carbonyl (C=O) groups excluding carboxylic acids is 1. The highest BCUT2D eigenvalue weighted by Gasteiger charge is 2.16. The molecule has 8 heteroatoms. The fourth-order valence-corrected chi connectivity index (χ4v) is 4.31. The van der Waals surface area contributed by atoms with Gasteiger partial charge in [0.2, 0.25) is 5.91 Å². The smallest absolute Gasteiger partial charge is 0.261 e. The molecule has 0 fully saturated rings. The molecule has 0 bridgehead atoms. The van der Waals surface area contributed by atoms with Gasteiger partial charge in [-0.05, 0) is 65.4 Å². The van der Waals surface area contributed by atoms with E-state index in [2.05, 4.69) is 10.0 Å². The lowest BCUT2D eigenvalue weighted by Gasteiger charge is -2.12. The number of hydrogen-bond acceptors (Lipinski definition) is 5. The Kier molecular flexibility index (Phi) is 5.98. The van der Waals surface area contributed by atoms with Gasteiger partial charge >= 0.3 is 0 Å². The summed E-state index contributed by atoms with van der Waals surface area (Å²) in [4.78, 5) is 11.1. The van der Waals surface area contributed by atoms with Gasteiger partial charge in [-0.25, -0.2) is 8.42 Å². The second kappa shape index (κ2) is 9.02. The molecule has 0 heterocycles. The Bertz CT molecular complexity index is 1490. The average molecular weight is 458 g/mol. The number of nitriles is 1. The number of sulfonamides is 1. The predicted octanol–water partition coefficient (Wildman–Crippen LogP) is 5.26. The number of hydrogen-bond donors (Lipinski definition) is 2. The highest BCUT2D eigenvalue weighted by atomic mass is 32.2. The van der Waals surface area contributed by atoms with Crippen LogP contribution in [0.4, 0.5) is 11.4 Å². The minimum atomic E-state index is -3.89. The van der Waals surface area contributed by atoms with E-state index in [1.165, 1.54) is 43.3 Å². The van der Waals surface area contributed by atoms with Crippen molar-refractivity contribution >= 4 is 38.1 Å². The fourth-order valence-electron chi connectivity index (χ4n) is 3.26. The van der Waals surface area contributed by atoms with Gasteiger partial charge < -0.3 is 10.1 Å². The molecule has 0 spiro atoms. The van der Waals surface area contributed by atoms with Gasteiger partial charge in [-0.15, -0.1) is 0 Å². The summed E-state index contributed by atoms with van der Waals surface area (Å²) in [6.45, 7) is 1.37. The lowest BCUT2D eigenvalue weighted by molar-refractivity contribution is -0.114. The Morgan fingerprint density at radius 1 is 0.879 bits per heavy atom. The van der Waals surface area contributed by atoms with Crippen LogP contribution in [0.25, 0.3) is 10.8 Å². The van der Waals surface area contributed by atoms with Gasteiger partial charge in [0, 0.05) is 12.6 Å². The van der Waals surface area contributed by atoms with E-state index in [0.717, 1.165) is 10.8 Å². The molecule has 0 aliphatic carbocycles. The van der Waals surface area contributed by atoms with Crippen LogP contribution in [-0.4, -0.2) is 14.3 Å². The van der Waals surface area contributed by atoms with E-state index in [0.29, 0.717) is 17.2 Å². The van der Waals surface area contributed by atoms with Crippen molar-refractivity contribution in [2.24, 2.45) is 0 Å². The van der Waals surface area contributed by atoms with Crippen LogP contribution in [0.2, 0.25) is 0 Å². The first kappa shape index (κ1) is 21.9. The van der Waals surface area contributed by atoms with Crippen molar-refractivity contribution in [2.45, 2.75) is 11.8 Å². The number of ether oxygens (including phenoxy) is 1. The van der Waals surface area contributed by atoms with Crippen LogP contribution in [0.15, 0.2) is 89.8 Å². The topological polar surface area (TPSA) is 108 Å². The number of nitrogens with zero attached hydrogens (tertiary/aromatic N) is 1. The van der Waals surface area contributed by atoms with Gasteiger partial charge in [0.25, 0.3) is 10.0 Å². The molecule has 0 aliphatic rings. The first-order valence-corrected chi connectivity index (χ1v) is 11.4. The Balaban J connectivity index is 1.54. The minimum Gasteiger partial charge on any atom is -0.456 e. The highest BCUT2D eigenvalue weighted by Crippen LogP contribution is 2.30. The van der Waals surface area contributed by atoms with Gasteiger partial charge in [0.1, 0.15) is 17.6 Å². The van der Waals surface area contributed by atoms with Gasteiger partial charge in [0.05, 0.1) is 16.1 Å². The molecular formula is C25H19N3O4S. The zero-order valence-electron chi connectivity index (χ0n) is 17.6. The molecule has 7 nitrogen and oxygen atoms in total. The third kappa shape index (κ3) is 5.11. The van der Waals surface area contributed by atoms with Crippen LogP contribution in [0, 0.1) is 11.3 Å². The van der Waals surface area contributed by atoms with Crippen molar-refractivity contribution in [1.29, 1.82) is 5.26 Å². The summed E-state index contributed by atoms with van der Waals surface area (Å²) in [6.07, 6.45) is 0. The Morgan fingerprint density at radius 2 is 1.58 bits per heavy atom. The number of rotatable bonds is 6. The molecule has 0 aromatic heterocycles. The summed E-state index contributed by atoms with van der Waals surface area (Å²) in [6, 6.07) is 25.8. The largest absolute Gasteiger partial charge is 0.456 e. The number of anilines is 2. The molecule has 4 aromatic carbocycles.